The molecule has 0 bridgehead atoms. The van der Waals surface area contributed by atoms with Gasteiger partial charge in [0.1, 0.15) is 16.2 Å². The molecule has 1 N–H and O–H groups in total. The molecule has 0 saturated heterocycles. The van der Waals surface area contributed by atoms with Crippen LogP contribution in [0.15, 0.2) is 10.7 Å². The molecule has 0 aliphatic heterocycles. The molecule has 96 valence electrons. The Kier molecular flexibility index (Phi) is 4.49. The van der Waals surface area contributed by atoms with Gasteiger partial charge >= 0.3 is 0 Å². The summed E-state index contributed by atoms with van der Waals surface area (Å²) in [7, 11) is 1.93. The molecular weight excluding hydrogens is 282 g/mol. The SMILES string of the molecule is CC(C)c1nc(Br)cc(N(C)C(C)(C)CO)n1. The third-order valence-corrected chi connectivity index (χ3v) is 3.26. The predicted molar refractivity (Wildman–Crippen MR) is 73.4 cm³/mol. The maximum absolute atomic E-state index is 9.38. The lowest BCUT2D eigenvalue weighted by atomic mass is 10.1. The number of rotatable bonds is 4. The Morgan fingerprint density at radius 2 is 2.00 bits per heavy atom. The Labute approximate surface area is 111 Å². The second-order valence-corrected chi connectivity index (χ2v) is 5.90. The van der Waals surface area contributed by atoms with Crippen molar-refractivity contribution in [2.45, 2.75) is 39.2 Å². The van der Waals surface area contributed by atoms with E-state index in [1.807, 2.05) is 31.9 Å². The predicted octanol–water partition coefficient (Wildman–Crippen LogP) is 2.57. The van der Waals surface area contributed by atoms with E-state index >= 15 is 0 Å². The highest BCUT2D eigenvalue weighted by Crippen LogP contribution is 2.24. The number of aromatic nitrogens is 2. The number of likely N-dealkylation sites (N-methyl/N-ethyl adjacent to an activating group) is 1. The first kappa shape index (κ1) is 14.4. The molecule has 0 aliphatic rings. The highest BCUT2D eigenvalue weighted by molar-refractivity contribution is 9.10. The molecular formula is C12H20BrN3O. The first-order chi connectivity index (χ1) is 7.77. The zero-order chi connectivity index (χ0) is 13.2. The van der Waals surface area contributed by atoms with Crippen molar-refractivity contribution in [1.82, 2.24) is 9.97 Å². The van der Waals surface area contributed by atoms with Crippen molar-refractivity contribution in [2.24, 2.45) is 0 Å². The van der Waals surface area contributed by atoms with Crippen LogP contribution in [0.4, 0.5) is 5.82 Å². The van der Waals surface area contributed by atoms with Crippen molar-refractivity contribution < 1.29 is 5.11 Å². The van der Waals surface area contributed by atoms with Crippen LogP contribution in [-0.4, -0.2) is 34.3 Å². The minimum Gasteiger partial charge on any atom is -0.394 e. The molecule has 0 aliphatic carbocycles. The molecule has 5 heteroatoms. The van der Waals surface area contributed by atoms with Gasteiger partial charge in [0.05, 0.1) is 12.1 Å². The van der Waals surface area contributed by atoms with Gasteiger partial charge in [-0.15, -0.1) is 0 Å². The summed E-state index contributed by atoms with van der Waals surface area (Å²) >= 11 is 3.40. The van der Waals surface area contributed by atoms with E-state index in [-0.39, 0.29) is 18.1 Å². The van der Waals surface area contributed by atoms with Crippen LogP contribution in [0.1, 0.15) is 39.4 Å². The quantitative estimate of drug-likeness (QED) is 0.869. The fourth-order valence-corrected chi connectivity index (χ4v) is 1.66. The molecule has 0 amide bonds. The Balaban J connectivity index is 3.14. The Morgan fingerprint density at radius 1 is 1.41 bits per heavy atom. The topological polar surface area (TPSA) is 49.2 Å². The van der Waals surface area contributed by atoms with Crippen molar-refractivity contribution >= 4 is 21.7 Å². The van der Waals surface area contributed by atoms with Crippen LogP contribution < -0.4 is 4.90 Å². The van der Waals surface area contributed by atoms with Crippen LogP contribution in [0.5, 0.6) is 0 Å². The van der Waals surface area contributed by atoms with Crippen LogP contribution in [0.25, 0.3) is 0 Å². The lowest BCUT2D eigenvalue weighted by Gasteiger charge is -2.35. The molecule has 1 aromatic heterocycles. The summed E-state index contributed by atoms with van der Waals surface area (Å²) in [5, 5.41) is 9.38. The molecule has 0 unspecified atom stereocenters. The fraction of sp³-hybridized carbons (Fsp3) is 0.667. The zero-order valence-corrected chi connectivity index (χ0v) is 12.6. The van der Waals surface area contributed by atoms with E-state index in [4.69, 9.17) is 0 Å². The van der Waals surface area contributed by atoms with Crippen LogP contribution in [0, 0.1) is 0 Å². The molecule has 1 rings (SSSR count). The number of hydrogen-bond acceptors (Lipinski definition) is 4. The summed E-state index contributed by atoms with van der Waals surface area (Å²) in [5.41, 5.74) is -0.345. The maximum Gasteiger partial charge on any atom is 0.134 e. The van der Waals surface area contributed by atoms with Gasteiger partial charge in [0.2, 0.25) is 0 Å². The summed E-state index contributed by atoms with van der Waals surface area (Å²) in [6.07, 6.45) is 0. The summed E-state index contributed by atoms with van der Waals surface area (Å²) in [6.45, 7) is 8.13. The lowest BCUT2D eigenvalue weighted by Crippen LogP contribution is -2.45. The number of aliphatic hydroxyl groups excluding tert-OH is 1. The summed E-state index contributed by atoms with van der Waals surface area (Å²) < 4.78 is 0.770. The molecule has 1 aromatic rings. The maximum atomic E-state index is 9.38. The average Bonchev–Trinajstić information content (AvgIpc) is 2.27. The van der Waals surface area contributed by atoms with E-state index in [2.05, 4.69) is 39.7 Å². The Morgan fingerprint density at radius 3 is 2.47 bits per heavy atom. The fourth-order valence-electron chi connectivity index (χ4n) is 1.27. The second kappa shape index (κ2) is 5.31. The van der Waals surface area contributed by atoms with E-state index in [1.54, 1.807) is 0 Å². The van der Waals surface area contributed by atoms with Gasteiger partial charge in [-0.1, -0.05) is 13.8 Å². The largest absolute Gasteiger partial charge is 0.394 e. The normalized spacial score (nSPS) is 12.0. The molecule has 4 nitrogen and oxygen atoms in total. The molecule has 1 heterocycles. The van der Waals surface area contributed by atoms with Crippen LogP contribution in [0.2, 0.25) is 0 Å². The van der Waals surface area contributed by atoms with E-state index in [0.717, 1.165) is 16.2 Å². The number of hydrogen-bond donors (Lipinski definition) is 1. The van der Waals surface area contributed by atoms with Gasteiger partial charge in [0.15, 0.2) is 0 Å². The van der Waals surface area contributed by atoms with Crippen LogP contribution in [0.3, 0.4) is 0 Å². The standard InChI is InChI=1S/C12H20BrN3O/c1-8(2)11-14-9(13)6-10(15-11)16(5)12(3,4)7-17/h6,8,17H,7H2,1-5H3. The first-order valence-electron chi connectivity index (χ1n) is 5.67. The second-order valence-electron chi connectivity index (χ2n) is 5.09. The molecule has 0 spiro atoms. The van der Waals surface area contributed by atoms with Crippen molar-refractivity contribution in [3.05, 3.63) is 16.5 Å². The van der Waals surface area contributed by atoms with Crippen molar-refractivity contribution in [3.8, 4) is 0 Å². The minimum atomic E-state index is -0.345. The monoisotopic (exact) mass is 301 g/mol. The van der Waals surface area contributed by atoms with Gasteiger partial charge in [-0.2, -0.15) is 0 Å². The highest BCUT2D eigenvalue weighted by Gasteiger charge is 2.24. The molecule has 0 saturated carbocycles. The number of anilines is 1. The van der Waals surface area contributed by atoms with Gasteiger partial charge in [-0.3, -0.25) is 0 Å². The lowest BCUT2D eigenvalue weighted by molar-refractivity contribution is 0.215. The van der Waals surface area contributed by atoms with Crippen molar-refractivity contribution in [1.29, 1.82) is 0 Å². The smallest absolute Gasteiger partial charge is 0.134 e. The molecule has 0 aromatic carbocycles. The van der Waals surface area contributed by atoms with E-state index in [9.17, 15) is 5.11 Å². The number of halogens is 1. The van der Waals surface area contributed by atoms with Gasteiger partial charge in [0.25, 0.3) is 0 Å². The Hall–Kier alpha value is -0.680. The van der Waals surface area contributed by atoms with Gasteiger partial charge in [0, 0.05) is 19.0 Å². The molecule has 0 atom stereocenters. The third kappa shape index (κ3) is 3.39. The third-order valence-electron chi connectivity index (χ3n) is 2.85. The van der Waals surface area contributed by atoms with Crippen molar-refractivity contribution in [3.63, 3.8) is 0 Å². The molecule has 17 heavy (non-hydrogen) atoms. The van der Waals surface area contributed by atoms with Crippen LogP contribution in [-0.2, 0) is 0 Å². The van der Waals surface area contributed by atoms with E-state index < -0.39 is 0 Å². The van der Waals surface area contributed by atoms with Gasteiger partial charge in [-0.05, 0) is 29.8 Å². The average molecular weight is 302 g/mol. The zero-order valence-electron chi connectivity index (χ0n) is 11.0. The molecule has 0 fully saturated rings. The Bertz CT molecular complexity index is 393. The van der Waals surface area contributed by atoms with Gasteiger partial charge < -0.3 is 10.0 Å². The molecule has 0 radical (unpaired) electrons. The van der Waals surface area contributed by atoms with Crippen LogP contribution >= 0.6 is 15.9 Å². The number of aliphatic hydroxyl groups is 1. The van der Waals surface area contributed by atoms with E-state index in [0.29, 0.717) is 0 Å². The highest BCUT2D eigenvalue weighted by atomic mass is 79.9. The van der Waals surface area contributed by atoms with Crippen molar-refractivity contribution in [2.75, 3.05) is 18.6 Å². The number of nitrogens with zero attached hydrogens (tertiary/aromatic N) is 3. The summed E-state index contributed by atoms with van der Waals surface area (Å²) in [5.74, 6) is 1.89. The minimum absolute atomic E-state index is 0.0716. The first-order valence-corrected chi connectivity index (χ1v) is 6.46. The summed E-state index contributed by atoms with van der Waals surface area (Å²) in [4.78, 5) is 10.8. The van der Waals surface area contributed by atoms with E-state index in [1.165, 1.54) is 0 Å². The summed E-state index contributed by atoms with van der Waals surface area (Å²) in [6, 6.07) is 1.86. The van der Waals surface area contributed by atoms with Gasteiger partial charge in [-0.25, -0.2) is 9.97 Å².